The Morgan fingerprint density at radius 2 is 2.12 bits per heavy atom. The first-order chi connectivity index (χ1) is 7.52. The predicted molar refractivity (Wildman–Crippen MR) is 60.1 cm³/mol. The van der Waals surface area contributed by atoms with Gasteiger partial charge in [0.25, 0.3) is 0 Å². The minimum Gasteiger partial charge on any atom is -0.480 e. The van der Waals surface area contributed by atoms with Crippen LogP contribution in [0.15, 0.2) is 0 Å². The number of hydrogen-bond donors (Lipinski definition) is 2. The van der Waals surface area contributed by atoms with E-state index in [0.29, 0.717) is 0 Å². The summed E-state index contributed by atoms with van der Waals surface area (Å²) in [5.41, 5.74) is 0. The van der Waals surface area contributed by atoms with Gasteiger partial charge in [0.2, 0.25) is 5.91 Å². The van der Waals surface area contributed by atoms with Gasteiger partial charge in [0.1, 0.15) is 6.54 Å². The average Bonchev–Trinajstić information content (AvgIpc) is 2.25. The van der Waals surface area contributed by atoms with Crippen LogP contribution in [0.3, 0.4) is 0 Å². The maximum atomic E-state index is 12.1. The zero-order valence-electron chi connectivity index (χ0n) is 9.90. The zero-order chi connectivity index (χ0) is 12.1. The lowest BCUT2D eigenvalue weighted by Crippen LogP contribution is -2.52. The van der Waals surface area contributed by atoms with Gasteiger partial charge in [-0.3, -0.25) is 9.59 Å². The van der Waals surface area contributed by atoms with Crippen LogP contribution in [-0.2, 0) is 9.59 Å². The Morgan fingerprint density at radius 3 is 2.56 bits per heavy atom. The lowest BCUT2D eigenvalue weighted by molar-refractivity contribution is -0.147. The van der Waals surface area contributed by atoms with Crippen LogP contribution < -0.4 is 5.32 Å². The van der Waals surface area contributed by atoms with Crippen LogP contribution in [0.25, 0.3) is 0 Å². The molecular weight excluding hydrogens is 208 g/mol. The summed E-state index contributed by atoms with van der Waals surface area (Å²) in [5, 5.41) is 11.9. The van der Waals surface area contributed by atoms with E-state index in [-0.39, 0.29) is 24.5 Å². The monoisotopic (exact) mass is 228 g/mol. The third kappa shape index (κ3) is 3.48. The van der Waals surface area contributed by atoms with Crippen molar-refractivity contribution in [2.24, 2.45) is 0 Å². The van der Waals surface area contributed by atoms with Gasteiger partial charge >= 0.3 is 5.97 Å². The molecule has 0 saturated carbocycles. The van der Waals surface area contributed by atoms with E-state index >= 15 is 0 Å². The number of amides is 1. The van der Waals surface area contributed by atoms with Crippen molar-refractivity contribution in [1.29, 1.82) is 0 Å². The molecule has 0 spiro atoms. The average molecular weight is 228 g/mol. The SMILES string of the molecule is CC(C)N(CC(=O)O)C(=O)[C@@H]1CCCCN1. The van der Waals surface area contributed by atoms with Crippen molar-refractivity contribution in [3.8, 4) is 0 Å². The van der Waals surface area contributed by atoms with Crippen LogP contribution in [0.4, 0.5) is 0 Å². The Kier molecular flexibility index (Phi) is 4.73. The quantitative estimate of drug-likeness (QED) is 0.733. The number of carbonyl (C=O) groups is 2. The van der Waals surface area contributed by atoms with Gasteiger partial charge < -0.3 is 15.3 Å². The molecule has 5 heteroatoms. The molecule has 0 radical (unpaired) electrons. The topological polar surface area (TPSA) is 69.6 Å². The normalized spacial score (nSPS) is 20.8. The van der Waals surface area contributed by atoms with E-state index in [1.165, 1.54) is 4.90 Å². The summed E-state index contributed by atoms with van der Waals surface area (Å²) in [7, 11) is 0. The second-order valence-corrected chi connectivity index (χ2v) is 4.46. The maximum Gasteiger partial charge on any atom is 0.323 e. The summed E-state index contributed by atoms with van der Waals surface area (Å²) in [5.74, 6) is -1.05. The minimum absolute atomic E-state index is 0.0765. The van der Waals surface area contributed by atoms with Gasteiger partial charge in [-0.15, -0.1) is 0 Å². The van der Waals surface area contributed by atoms with Crippen LogP contribution >= 0.6 is 0 Å². The molecule has 1 rings (SSSR count). The first-order valence-corrected chi connectivity index (χ1v) is 5.78. The van der Waals surface area contributed by atoms with Gasteiger partial charge in [-0.05, 0) is 33.2 Å². The van der Waals surface area contributed by atoms with E-state index in [9.17, 15) is 9.59 Å². The predicted octanol–water partition coefficient (Wildman–Crippen LogP) is 0.450. The largest absolute Gasteiger partial charge is 0.480 e. The van der Waals surface area contributed by atoms with Crippen LogP contribution in [0.1, 0.15) is 33.1 Å². The molecule has 0 aliphatic carbocycles. The highest BCUT2D eigenvalue weighted by atomic mass is 16.4. The van der Waals surface area contributed by atoms with Crippen molar-refractivity contribution in [3.05, 3.63) is 0 Å². The van der Waals surface area contributed by atoms with E-state index in [1.807, 2.05) is 13.8 Å². The molecule has 2 N–H and O–H groups in total. The summed E-state index contributed by atoms with van der Waals surface area (Å²) in [6, 6.07) is -0.275. The van der Waals surface area contributed by atoms with Gasteiger partial charge in [0.05, 0.1) is 6.04 Å². The summed E-state index contributed by atoms with van der Waals surface area (Å²) < 4.78 is 0. The number of carbonyl (C=O) groups excluding carboxylic acids is 1. The summed E-state index contributed by atoms with van der Waals surface area (Å²) in [6.45, 7) is 4.30. The lowest BCUT2D eigenvalue weighted by atomic mass is 10.0. The Morgan fingerprint density at radius 1 is 1.44 bits per heavy atom. The molecule has 0 aromatic carbocycles. The van der Waals surface area contributed by atoms with E-state index in [0.717, 1.165) is 25.8 Å². The van der Waals surface area contributed by atoms with Crippen LogP contribution in [0.5, 0.6) is 0 Å². The molecule has 92 valence electrons. The first-order valence-electron chi connectivity index (χ1n) is 5.78. The molecule has 0 bridgehead atoms. The van der Waals surface area contributed by atoms with Crippen molar-refractivity contribution in [2.75, 3.05) is 13.1 Å². The van der Waals surface area contributed by atoms with Gasteiger partial charge in [-0.2, -0.15) is 0 Å². The third-order valence-corrected chi connectivity index (χ3v) is 2.82. The number of nitrogens with zero attached hydrogens (tertiary/aromatic N) is 1. The van der Waals surface area contributed by atoms with Crippen molar-refractivity contribution >= 4 is 11.9 Å². The molecule has 1 aliphatic rings. The molecular formula is C11H20N2O3. The lowest BCUT2D eigenvalue weighted by Gasteiger charge is -2.31. The Balaban J connectivity index is 2.61. The van der Waals surface area contributed by atoms with Crippen molar-refractivity contribution < 1.29 is 14.7 Å². The number of rotatable bonds is 4. The molecule has 1 fully saturated rings. The number of hydrogen-bond acceptors (Lipinski definition) is 3. The standard InChI is InChI=1S/C11H20N2O3/c1-8(2)13(7-10(14)15)11(16)9-5-3-4-6-12-9/h8-9,12H,3-7H2,1-2H3,(H,14,15)/t9-/m0/s1. The smallest absolute Gasteiger partial charge is 0.323 e. The number of nitrogens with one attached hydrogen (secondary N) is 1. The molecule has 0 unspecified atom stereocenters. The molecule has 1 amide bonds. The summed E-state index contributed by atoms with van der Waals surface area (Å²) in [6.07, 6.45) is 2.93. The number of carboxylic acids is 1. The third-order valence-electron chi connectivity index (χ3n) is 2.82. The van der Waals surface area contributed by atoms with Gasteiger partial charge in [-0.1, -0.05) is 6.42 Å². The van der Waals surface area contributed by atoms with Crippen LogP contribution in [-0.4, -0.2) is 47.1 Å². The molecule has 1 saturated heterocycles. The first kappa shape index (κ1) is 13.0. The van der Waals surface area contributed by atoms with Crippen LogP contribution in [0, 0.1) is 0 Å². The molecule has 1 aliphatic heterocycles. The molecule has 16 heavy (non-hydrogen) atoms. The highest BCUT2D eigenvalue weighted by molar-refractivity contribution is 5.85. The van der Waals surface area contributed by atoms with Crippen molar-refractivity contribution in [3.63, 3.8) is 0 Å². The molecule has 1 heterocycles. The Bertz CT molecular complexity index is 260. The molecule has 0 aromatic heterocycles. The molecule has 5 nitrogen and oxygen atoms in total. The number of aliphatic carboxylic acids is 1. The number of piperidine rings is 1. The second kappa shape index (κ2) is 5.84. The highest BCUT2D eigenvalue weighted by Crippen LogP contribution is 2.11. The molecule has 1 atom stereocenters. The minimum atomic E-state index is -0.960. The Hall–Kier alpha value is -1.10. The second-order valence-electron chi connectivity index (χ2n) is 4.46. The van der Waals surface area contributed by atoms with Crippen LogP contribution in [0.2, 0.25) is 0 Å². The van der Waals surface area contributed by atoms with Crippen molar-refractivity contribution in [2.45, 2.75) is 45.2 Å². The maximum absolute atomic E-state index is 12.1. The van der Waals surface area contributed by atoms with E-state index in [1.54, 1.807) is 0 Å². The van der Waals surface area contributed by atoms with Crippen molar-refractivity contribution in [1.82, 2.24) is 10.2 Å². The van der Waals surface area contributed by atoms with E-state index < -0.39 is 5.97 Å². The molecule has 0 aromatic rings. The summed E-state index contributed by atoms with van der Waals surface area (Å²) in [4.78, 5) is 24.2. The fourth-order valence-corrected chi connectivity index (χ4v) is 1.92. The fourth-order valence-electron chi connectivity index (χ4n) is 1.92. The Labute approximate surface area is 95.8 Å². The van der Waals surface area contributed by atoms with Gasteiger partial charge in [0, 0.05) is 6.04 Å². The fraction of sp³-hybridized carbons (Fsp3) is 0.818. The summed E-state index contributed by atoms with van der Waals surface area (Å²) >= 11 is 0. The van der Waals surface area contributed by atoms with E-state index in [2.05, 4.69) is 5.32 Å². The van der Waals surface area contributed by atoms with Gasteiger partial charge in [-0.25, -0.2) is 0 Å². The number of carboxylic acid groups (broad SMARTS) is 1. The highest BCUT2D eigenvalue weighted by Gasteiger charge is 2.28. The van der Waals surface area contributed by atoms with E-state index in [4.69, 9.17) is 5.11 Å². The van der Waals surface area contributed by atoms with Gasteiger partial charge in [0.15, 0.2) is 0 Å². The zero-order valence-corrected chi connectivity index (χ0v) is 9.90.